The normalized spacial score (nSPS) is 36.3. The van der Waals surface area contributed by atoms with Crippen LogP contribution in [0.4, 0.5) is 0 Å². The van der Waals surface area contributed by atoms with Crippen LogP contribution in [0.15, 0.2) is 0 Å². The van der Waals surface area contributed by atoms with E-state index >= 15 is 0 Å². The molecule has 3 aliphatic rings. The molecule has 19 heavy (non-hydrogen) atoms. The highest BCUT2D eigenvalue weighted by molar-refractivity contribution is 4.92. The van der Waals surface area contributed by atoms with Crippen LogP contribution in [0.1, 0.15) is 44.9 Å². The van der Waals surface area contributed by atoms with Crippen molar-refractivity contribution in [1.29, 1.82) is 0 Å². The summed E-state index contributed by atoms with van der Waals surface area (Å²) in [6.45, 7) is 4.33. The standard InChI is InChI=1S/C15H27NO3/c1-2-4-14(3-1)18-10-7-16-13-5-8-19-15(11-13)6-9-17-12-15/h13-14,16H,1-12H2. The lowest BCUT2D eigenvalue weighted by Gasteiger charge is -2.37. The van der Waals surface area contributed by atoms with Crippen molar-refractivity contribution in [3.05, 3.63) is 0 Å². The highest BCUT2D eigenvalue weighted by atomic mass is 16.6. The molecule has 2 aliphatic heterocycles. The first-order valence-corrected chi connectivity index (χ1v) is 7.93. The van der Waals surface area contributed by atoms with E-state index in [-0.39, 0.29) is 5.60 Å². The highest BCUT2D eigenvalue weighted by Crippen LogP contribution is 2.32. The Balaban J connectivity index is 1.33. The molecule has 1 N–H and O–H groups in total. The molecule has 0 amide bonds. The van der Waals surface area contributed by atoms with Crippen molar-refractivity contribution >= 4 is 0 Å². The minimum atomic E-state index is 0.0161. The summed E-state index contributed by atoms with van der Waals surface area (Å²) in [5, 5.41) is 3.64. The summed E-state index contributed by atoms with van der Waals surface area (Å²) in [6.07, 6.45) is 9.02. The van der Waals surface area contributed by atoms with Crippen LogP contribution >= 0.6 is 0 Å². The molecule has 1 aliphatic carbocycles. The van der Waals surface area contributed by atoms with Gasteiger partial charge in [0, 0.05) is 32.2 Å². The van der Waals surface area contributed by atoms with E-state index in [1.54, 1.807) is 0 Å². The molecule has 1 spiro atoms. The molecule has 4 nitrogen and oxygen atoms in total. The van der Waals surface area contributed by atoms with Gasteiger partial charge in [0.1, 0.15) is 0 Å². The van der Waals surface area contributed by atoms with Crippen molar-refractivity contribution in [2.24, 2.45) is 0 Å². The second kappa shape index (κ2) is 6.53. The molecule has 2 saturated heterocycles. The minimum absolute atomic E-state index is 0.0161. The summed E-state index contributed by atoms with van der Waals surface area (Å²) in [6, 6.07) is 0.572. The summed E-state index contributed by atoms with van der Waals surface area (Å²) in [7, 11) is 0. The van der Waals surface area contributed by atoms with Crippen LogP contribution in [-0.2, 0) is 14.2 Å². The Morgan fingerprint density at radius 1 is 1.16 bits per heavy atom. The number of hydrogen-bond acceptors (Lipinski definition) is 4. The summed E-state index contributed by atoms with van der Waals surface area (Å²) in [5.74, 6) is 0. The van der Waals surface area contributed by atoms with Crippen LogP contribution in [0, 0.1) is 0 Å². The highest BCUT2D eigenvalue weighted by Gasteiger charge is 2.40. The van der Waals surface area contributed by atoms with Gasteiger partial charge in [0.2, 0.25) is 0 Å². The van der Waals surface area contributed by atoms with Gasteiger partial charge in [-0.3, -0.25) is 0 Å². The van der Waals surface area contributed by atoms with Gasteiger partial charge in [-0.2, -0.15) is 0 Å². The predicted molar refractivity (Wildman–Crippen MR) is 73.4 cm³/mol. The molecule has 3 rings (SSSR count). The van der Waals surface area contributed by atoms with E-state index in [1.165, 1.54) is 25.7 Å². The molecule has 0 bridgehead atoms. The van der Waals surface area contributed by atoms with Gasteiger partial charge in [0.15, 0.2) is 0 Å². The van der Waals surface area contributed by atoms with Gasteiger partial charge in [-0.1, -0.05) is 12.8 Å². The Bertz CT molecular complexity index is 273. The summed E-state index contributed by atoms with van der Waals surface area (Å²) in [5.41, 5.74) is 0.0161. The van der Waals surface area contributed by atoms with Crippen molar-refractivity contribution < 1.29 is 14.2 Å². The lowest BCUT2D eigenvalue weighted by Crippen LogP contribution is -2.48. The lowest BCUT2D eigenvalue weighted by molar-refractivity contribution is -0.0899. The first-order valence-electron chi connectivity index (χ1n) is 7.93. The van der Waals surface area contributed by atoms with Gasteiger partial charge in [-0.15, -0.1) is 0 Å². The SMILES string of the molecule is C1CCC(OCCNC2CCOC3(CCOC3)C2)C1. The third kappa shape index (κ3) is 3.69. The monoisotopic (exact) mass is 269 g/mol. The maximum atomic E-state index is 5.95. The Hall–Kier alpha value is -0.160. The first kappa shape index (κ1) is 13.8. The Labute approximate surface area is 116 Å². The molecule has 1 saturated carbocycles. The van der Waals surface area contributed by atoms with Crippen molar-refractivity contribution in [1.82, 2.24) is 5.32 Å². The second-order valence-electron chi connectivity index (χ2n) is 6.26. The van der Waals surface area contributed by atoms with Crippen LogP contribution in [0.5, 0.6) is 0 Å². The average molecular weight is 269 g/mol. The van der Waals surface area contributed by atoms with Gasteiger partial charge >= 0.3 is 0 Å². The molecule has 0 aromatic rings. The van der Waals surface area contributed by atoms with E-state index in [1.807, 2.05) is 0 Å². The molecule has 4 heteroatoms. The van der Waals surface area contributed by atoms with E-state index in [0.717, 1.165) is 52.2 Å². The van der Waals surface area contributed by atoms with Crippen molar-refractivity contribution in [3.63, 3.8) is 0 Å². The number of rotatable bonds is 5. The molecule has 0 aromatic heterocycles. The third-order valence-electron chi connectivity index (χ3n) is 4.75. The topological polar surface area (TPSA) is 39.7 Å². The Morgan fingerprint density at radius 2 is 2.05 bits per heavy atom. The van der Waals surface area contributed by atoms with Crippen molar-refractivity contribution in [2.75, 3.05) is 33.0 Å². The van der Waals surface area contributed by atoms with Crippen LogP contribution in [-0.4, -0.2) is 50.7 Å². The molecule has 2 atom stereocenters. The summed E-state index contributed by atoms with van der Waals surface area (Å²) in [4.78, 5) is 0. The van der Waals surface area contributed by atoms with E-state index in [0.29, 0.717) is 12.1 Å². The van der Waals surface area contributed by atoms with Crippen molar-refractivity contribution in [2.45, 2.75) is 62.7 Å². The second-order valence-corrected chi connectivity index (χ2v) is 6.26. The Morgan fingerprint density at radius 3 is 2.84 bits per heavy atom. The molecule has 0 radical (unpaired) electrons. The van der Waals surface area contributed by atoms with Crippen LogP contribution in [0.2, 0.25) is 0 Å². The molecule has 0 aromatic carbocycles. The fraction of sp³-hybridized carbons (Fsp3) is 1.00. The summed E-state index contributed by atoms with van der Waals surface area (Å²) >= 11 is 0. The smallest absolute Gasteiger partial charge is 0.0951 e. The predicted octanol–water partition coefficient (Wildman–Crippen LogP) is 1.87. The fourth-order valence-electron chi connectivity index (χ4n) is 3.61. The van der Waals surface area contributed by atoms with Crippen LogP contribution in [0.25, 0.3) is 0 Å². The molecule has 2 unspecified atom stereocenters. The maximum Gasteiger partial charge on any atom is 0.0951 e. The first-order chi connectivity index (χ1) is 9.36. The van der Waals surface area contributed by atoms with E-state index in [2.05, 4.69) is 5.32 Å². The molecule has 2 heterocycles. The Kier molecular flexibility index (Phi) is 4.74. The quantitative estimate of drug-likeness (QED) is 0.774. The van der Waals surface area contributed by atoms with Gasteiger partial charge in [0.25, 0.3) is 0 Å². The molecule has 110 valence electrons. The number of ether oxygens (including phenoxy) is 3. The molecular weight excluding hydrogens is 242 g/mol. The number of nitrogens with one attached hydrogen (secondary N) is 1. The van der Waals surface area contributed by atoms with Crippen LogP contribution < -0.4 is 5.32 Å². The van der Waals surface area contributed by atoms with Gasteiger partial charge < -0.3 is 19.5 Å². The van der Waals surface area contributed by atoms with Gasteiger partial charge in [-0.25, -0.2) is 0 Å². The van der Waals surface area contributed by atoms with E-state index in [4.69, 9.17) is 14.2 Å². The minimum Gasteiger partial charge on any atom is -0.378 e. The zero-order valence-electron chi connectivity index (χ0n) is 11.9. The zero-order chi connectivity index (χ0) is 13.0. The number of hydrogen-bond donors (Lipinski definition) is 1. The largest absolute Gasteiger partial charge is 0.378 e. The fourth-order valence-corrected chi connectivity index (χ4v) is 3.61. The van der Waals surface area contributed by atoms with Gasteiger partial charge in [-0.05, 0) is 25.7 Å². The molecule has 3 fully saturated rings. The maximum absolute atomic E-state index is 5.95. The van der Waals surface area contributed by atoms with E-state index in [9.17, 15) is 0 Å². The van der Waals surface area contributed by atoms with E-state index < -0.39 is 0 Å². The van der Waals surface area contributed by atoms with Crippen LogP contribution in [0.3, 0.4) is 0 Å². The summed E-state index contributed by atoms with van der Waals surface area (Å²) < 4.78 is 17.3. The molecular formula is C15H27NO3. The van der Waals surface area contributed by atoms with Crippen molar-refractivity contribution in [3.8, 4) is 0 Å². The third-order valence-corrected chi connectivity index (χ3v) is 4.75. The van der Waals surface area contributed by atoms with Gasteiger partial charge in [0.05, 0.1) is 24.9 Å². The average Bonchev–Trinajstić information content (AvgIpc) is 3.07. The lowest BCUT2D eigenvalue weighted by atomic mass is 9.90. The zero-order valence-corrected chi connectivity index (χ0v) is 11.9.